The molecule has 13 heavy (non-hydrogen) atoms. The van der Waals surface area contributed by atoms with Crippen molar-refractivity contribution in [1.82, 2.24) is 4.98 Å². The molecule has 1 aromatic carbocycles. The molecule has 1 aromatic heterocycles. The van der Waals surface area contributed by atoms with Crippen LogP contribution in [0, 0.1) is 0 Å². The molecule has 0 aliphatic rings. The highest BCUT2D eigenvalue weighted by atomic mass is 35.5. The normalized spacial score (nSPS) is 10.9. The predicted molar refractivity (Wildman–Crippen MR) is 52.9 cm³/mol. The lowest BCUT2D eigenvalue weighted by Crippen LogP contribution is -1.76. The first-order valence-electron chi connectivity index (χ1n) is 4.27. The molecule has 0 unspecified atom stereocenters. The fourth-order valence-corrected chi connectivity index (χ4v) is 1.42. The second-order valence-electron chi connectivity index (χ2n) is 2.90. The molecule has 1 heterocycles. The standard InChI is InChI=1S/C10H10ClNO/c1-2-10-12-8-4-3-7(6-11)5-9(8)13-10/h3-5H,2,6H2,1H3. The minimum absolute atomic E-state index is 0.512. The van der Waals surface area contributed by atoms with Crippen molar-refractivity contribution in [3.63, 3.8) is 0 Å². The lowest BCUT2D eigenvalue weighted by Gasteiger charge is -1.91. The number of halogens is 1. The molecule has 2 nitrogen and oxygen atoms in total. The van der Waals surface area contributed by atoms with Gasteiger partial charge in [-0.2, -0.15) is 0 Å². The van der Waals surface area contributed by atoms with E-state index in [4.69, 9.17) is 16.0 Å². The highest BCUT2D eigenvalue weighted by Crippen LogP contribution is 2.18. The van der Waals surface area contributed by atoms with Gasteiger partial charge in [0.2, 0.25) is 0 Å². The van der Waals surface area contributed by atoms with E-state index >= 15 is 0 Å². The van der Waals surface area contributed by atoms with Crippen LogP contribution in [0.4, 0.5) is 0 Å². The number of aryl methyl sites for hydroxylation is 1. The zero-order chi connectivity index (χ0) is 9.26. The largest absolute Gasteiger partial charge is 0.441 e. The monoisotopic (exact) mass is 195 g/mol. The Hall–Kier alpha value is -1.02. The third-order valence-corrected chi connectivity index (χ3v) is 2.26. The average Bonchev–Trinajstić information content (AvgIpc) is 2.58. The minimum atomic E-state index is 0.512. The van der Waals surface area contributed by atoms with Gasteiger partial charge in [-0.3, -0.25) is 0 Å². The van der Waals surface area contributed by atoms with Crippen molar-refractivity contribution < 1.29 is 4.42 Å². The van der Waals surface area contributed by atoms with Crippen molar-refractivity contribution in [2.24, 2.45) is 0 Å². The molecule has 0 bridgehead atoms. The van der Waals surface area contributed by atoms with Crippen LogP contribution in [-0.2, 0) is 12.3 Å². The van der Waals surface area contributed by atoms with Gasteiger partial charge in [0.25, 0.3) is 0 Å². The number of aromatic nitrogens is 1. The maximum absolute atomic E-state index is 5.71. The van der Waals surface area contributed by atoms with Crippen LogP contribution in [0.1, 0.15) is 18.4 Å². The van der Waals surface area contributed by atoms with E-state index in [1.165, 1.54) is 0 Å². The number of hydrogen-bond donors (Lipinski definition) is 0. The Labute approximate surface area is 81.5 Å². The van der Waals surface area contributed by atoms with E-state index in [0.717, 1.165) is 29.0 Å². The van der Waals surface area contributed by atoms with Gasteiger partial charge in [-0.25, -0.2) is 4.98 Å². The van der Waals surface area contributed by atoms with Crippen LogP contribution >= 0.6 is 11.6 Å². The first-order chi connectivity index (χ1) is 6.33. The molecule has 0 spiro atoms. The van der Waals surface area contributed by atoms with E-state index in [1.54, 1.807) is 0 Å². The quantitative estimate of drug-likeness (QED) is 0.689. The number of fused-ring (bicyclic) bond motifs is 1. The van der Waals surface area contributed by atoms with Gasteiger partial charge in [0.1, 0.15) is 5.52 Å². The average molecular weight is 196 g/mol. The van der Waals surface area contributed by atoms with Crippen LogP contribution in [0.2, 0.25) is 0 Å². The number of rotatable bonds is 2. The van der Waals surface area contributed by atoms with Gasteiger partial charge in [-0.1, -0.05) is 13.0 Å². The van der Waals surface area contributed by atoms with Crippen molar-refractivity contribution in [1.29, 1.82) is 0 Å². The van der Waals surface area contributed by atoms with Crippen LogP contribution in [0.25, 0.3) is 11.1 Å². The molecule has 68 valence electrons. The molecule has 0 radical (unpaired) electrons. The summed E-state index contributed by atoms with van der Waals surface area (Å²) in [6.45, 7) is 2.02. The summed E-state index contributed by atoms with van der Waals surface area (Å²) in [6.07, 6.45) is 0.824. The van der Waals surface area contributed by atoms with E-state index in [0.29, 0.717) is 5.88 Å². The maximum atomic E-state index is 5.71. The first kappa shape index (κ1) is 8.57. The Morgan fingerprint density at radius 1 is 1.46 bits per heavy atom. The van der Waals surface area contributed by atoms with Gasteiger partial charge in [-0.15, -0.1) is 11.6 Å². The second-order valence-corrected chi connectivity index (χ2v) is 3.16. The van der Waals surface area contributed by atoms with Crippen LogP contribution in [-0.4, -0.2) is 4.98 Å². The van der Waals surface area contributed by atoms with Crippen molar-refractivity contribution >= 4 is 22.7 Å². The van der Waals surface area contributed by atoms with E-state index < -0.39 is 0 Å². The summed E-state index contributed by atoms with van der Waals surface area (Å²) in [4.78, 5) is 4.30. The highest BCUT2D eigenvalue weighted by molar-refractivity contribution is 6.17. The summed E-state index contributed by atoms with van der Waals surface area (Å²) in [5.41, 5.74) is 2.80. The lowest BCUT2D eigenvalue weighted by molar-refractivity contribution is 0.538. The van der Waals surface area contributed by atoms with Gasteiger partial charge in [0.05, 0.1) is 0 Å². The highest BCUT2D eigenvalue weighted by Gasteiger charge is 2.03. The number of benzene rings is 1. The van der Waals surface area contributed by atoms with Crippen molar-refractivity contribution in [2.75, 3.05) is 0 Å². The molecule has 0 N–H and O–H groups in total. The third kappa shape index (κ3) is 1.54. The summed E-state index contributed by atoms with van der Waals surface area (Å²) in [5, 5.41) is 0. The van der Waals surface area contributed by atoms with Crippen LogP contribution in [0.15, 0.2) is 22.6 Å². The van der Waals surface area contributed by atoms with Gasteiger partial charge in [0.15, 0.2) is 11.5 Å². The third-order valence-electron chi connectivity index (χ3n) is 1.95. The fourth-order valence-electron chi connectivity index (χ4n) is 1.25. The van der Waals surface area contributed by atoms with Gasteiger partial charge in [-0.05, 0) is 17.7 Å². The van der Waals surface area contributed by atoms with Crippen molar-refractivity contribution in [3.05, 3.63) is 29.7 Å². The maximum Gasteiger partial charge on any atom is 0.195 e. The first-order valence-corrected chi connectivity index (χ1v) is 4.81. The van der Waals surface area contributed by atoms with Gasteiger partial charge < -0.3 is 4.42 Å². The Bertz CT molecular complexity index is 420. The summed E-state index contributed by atoms with van der Waals surface area (Å²) in [5.74, 6) is 1.29. The number of oxazole rings is 1. The molecule has 0 atom stereocenters. The van der Waals surface area contributed by atoms with Crippen molar-refractivity contribution in [3.8, 4) is 0 Å². The number of alkyl halides is 1. The Balaban J connectivity index is 2.57. The summed E-state index contributed by atoms with van der Waals surface area (Å²) in [7, 11) is 0. The number of hydrogen-bond acceptors (Lipinski definition) is 2. The molecule has 0 aliphatic heterocycles. The van der Waals surface area contributed by atoms with E-state index in [2.05, 4.69) is 4.98 Å². The molecule has 2 aromatic rings. The zero-order valence-electron chi connectivity index (χ0n) is 7.38. The second kappa shape index (κ2) is 3.38. The number of nitrogens with zero attached hydrogens (tertiary/aromatic N) is 1. The minimum Gasteiger partial charge on any atom is -0.441 e. The smallest absolute Gasteiger partial charge is 0.195 e. The Morgan fingerprint density at radius 3 is 3.00 bits per heavy atom. The van der Waals surface area contributed by atoms with Crippen LogP contribution < -0.4 is 0 Å². The molecular weight excluding hydrogens is 186 g/mol. The van der Waals surface area contributed by atoms with Crippen molar-refractivity contribution in [2.45, 2.75) is 19.2 Å². The summed E-state index contributed by atoms with van der Waals surface area (Å²) < 4.78 is 5.49. The zero-order valence-corrected chi connectivity index (χ0v) is 8.14. The molecule has 3 heteroatoms. The lowest BCUT2D eigenvalue weighted by atomic mass is 10.2. The molecule has 0 saturated heterocycles. The predicted octanol–water partition coefficient (Wildman–Crippen LogP) is 3.13. The fraction of sp³-hybridized carbons (Fsp3) is 0.300. The topological polar surface area (TPSA) is 26.0 Å². The van der Waals surface area contributed by atoms with E-state index in [9.17, 15) is 0 Å². The molecule has 0 saturated carbocycles. The van der Waals surface area contributed by atoms with Crippen LogP contribution in [0.5, 0.6) is 0 Å². The Morgan fingerprint density at radius 2 is 2.31 bits per heavy atom. The van der Waals surface area contributed by atoms with Gasteiger partial charge >= 0.3 is 0 Å². The molecule has 0 aliphatic carbocycles. The summed E-state index contributed by atoms with van der Waals surface area (Å²) in [6, 6.07) is 5.85. The molecule has 2 rings (SSSR count). The van der Waals surface area contributed by atoms with Crippen LogP contribution in [0.3, 0.4) is 0 Å². The van der Waals surface area contributed by atoms with Gasteiger partial charge in [0, 0.05) is 12.3 Å². The molecule has 0 amide bonds. The van der Waals surface area contributed by atoms with E-state index in [-0.39, 0.29) is 0 Å². The Kier molecular flexibility index (Phi) is 2.23. The molecular formula is C10H10ClNO. The summed E-state index contributed by atoms with van der Waals surface area (Å²) >= 11 is 5.71. The SMILES string of the molecule is CCc1nc2ccc(CCl)cc2o1. The van der Waals surface area contributed by atoms with E-state index in [1.807, 2.05) is 25.1 Å². The molecule has 0 fully saturated rings.